The van der Waals surface area contributed by atoms with Crippen LogP contribution in [0.15, 0.2) is 24.8 Å². The van der Waals surface area contributed by atoms with E-state index in [1.54, 1.807) is 6.07 Å². The van der Waals surface area contributed by atoms with Crippen LogP contribution < -0.4 is 5.73 Å². The van der Waals surface area contributed by atoms with Gasteiger partial charge in [-0.1, -0.05) is 12.1 Å². The first-order valence-corrected chi connectivity index (χ1v) is 4.73. The summed E-state index contributed by atoms with van der Waals surface area (Å²) in [5.41, 5.74) is 8.95. The summed E-state index contributed by atoms with van der Waals surface area (Å²) < 4.78 is 0. The Morgan fingerprint density at radius 2 is 2.07 bits per heavy atom. The Morgan fingerprint density at radius 3 is 2.64 bits per heavy atom. The van der Waals surface area contributed by atoms with Crippen molar-refractivity contribution in [2.75, 3.05) is 0 Å². The minimum Gasteiger partial charge on any atom is -0.508 e. The molecule has 1 atom stereocenters. The molecule has 1 aromatic rings. The molecule has 0 bridgehead atoms. The molecule has 1 unspecified atom stereocenters. The highest BCUT2D eigenvalue weighted by Crippen LogP contribution is 2.26. The van der Waals surface area contributed by atoms with Gasteiger partial charge in [-0.3, -0.25) is 0 Å². The van der Waals surface area contributed by atoms with Crippen molar-refractivity contribution in [3.8, 4) is 5.75 Å². The molecule has 0 fully saturated rings. The van der Waals surface area contributed by atoms with E-state index in [0.29, 0.717) is 5.75 Å². The first kappa shape index (κ1) is 10.8. The van der Waals surface area contributed by atoms with Crippen LogP contribution in [0, 0.1) is 13.8 Å². The lowest BCUT2D eigenvalue weighted by atomic mass is 9.97. The maximum atomic E-state index is 9.48. The molecule has 1 rings (SSSR count). The second kappa shape index (κ2) is 4.29. The zero-order chi connectivity index (χ0) is 10.7. The summed E-state index contributed by atoms with van der Waals surface area (Å²) in [4.78, 5) is 0. The third kappa shape index (κ3) is 2.15. The van der Waals surface area contributed by atoms with E-state index in [0.717, 1.165) is 23.1 Å². The summed E-state index contributed by atoms with van der Waals surface area (Å²) >= 11 is 0. The van der Waals surface area contributed by atoms with Crippen molar-refractivity contribution in [2.24, 2.45) is 5.73 Å². The molecule has 14 heavy (non-hydrogen) atoms. The van der Waals surface area contributed by atoms with Crippen LogP contribution in [0.4, 0.5) is 0 Å². The lowest BCUT2D eigenvalue weighted by Gasteiger charge is -2.14. The van der Waals surface area contributed by atoms with Crippen LogP contribution >= 0.6 is 0 Å². The highest BCUT2D eigenvalue weighted by Gasteiger charge is 2.09. The van der Waals surface area contributed by atoms with Crippen molar-refractivity contribution in [3.05, 3.63) is 41.5 Å². The van der Waals surface area contributed by atoms with Crippen LogP contribution in [0.3, 0.4) is 0 Å². The van der Waals surface area contributed by atoms with Crippen LogP contribution in [-0.4, -0.2) is 5.11 Å². The zero-order valence-electron chi connectivity index (χ0n) is 8.75. The molecule has 1 aromatic carbocycles. The van der Waals surface area contributed by atoms with Gasteiger partial charge in [-0.15, -0.1) is 6.58 Å². The van der Waals surface area contributed by atoms with E-state index >= 15 is 0 Å². The number of rotatable bonds is 3. The fourth-order valence-electron chi connectivity index (χ4n) is 1.53. The van der Waals surface area contributed by atoms with Gasteiger partial charge < -0.3 is 10.8 Å². The largest absolute Gasteiger partial charge is 0.508 e. The molecule has 0 aromatic heterocycles. The van der Waals surface area contributed by atoms with Gasteiger partial charge in [0, 0.05) is 6.04 Å². The highest BCUT2D eigenvalue weighted by atomic mass is 16.3. The van der Waals surface area contributed by atoms with Crippen molar-refractivity contribution in [2.45, 2.75) is 26.3 Å². The summed E-state index contributed by atoms with van der Waals surface area (Å²) in [7, 11) is 0. The SMILES string of the molecule is C=CCC(N)c1cc(C)c(O)cc1C. The maximum absolute atomic E-state index is 9.48. The Bertz CT molecular complexity index is 344. The molecule has 0 aliphatic carbocycles. The predicted molar refractivity (Wildman–Crippen MR) is 59.3 cm³/mol. The number of aromatic hydroxyl groups is 1. The smallest absolute Gasteiger partial charge is 0.118 e. The van der Waals surface area contributed by atoms with Gasteiger partial charge in [0.25, 0.3) is 0 Å². The molecule has 0 amide bonds. The van der Waals surface area contributed by atoms with E-state index in [9.17, 15) is 5.11 Å². The van der Waals surface area contributed by atoms with Crippen LogP contribution in [0.25, 0.3) is 0 Å². The van der Waals surface area contributed by atoms with E-state index in [2.05, 4.69) is 6.58 Å². The third-order valence-corrected chi connectivity index (χ3v) is 2.40. The minimum absolute atomic E-state index is 0.0215. The standard InChI is InChI=1S/C12H17NO/c1-4-5-11(13)10-6-9(3)12(14)7-8(10)2/h4,6-7,11,14H,1,5,13H2,2-3H3. The second-order valence-electron chi connectivity index (χ2n) is 3.63. The van der Waals surface area contributed by atoms with Gasteiger partial charge in [0.15, 0.2) is 0 Å². The Kier molecular flexibility index (Phi) is 3.31. The number of phenolic OH excluding ortho intramolecular Hbond substituents is 1. The summed E-state index contributed by atoms with van der Waals surface area (Å²) in [6.45, 7) is 7.50. The van der Waals surface area contributed by atoms with Crippen LogP contribution in [-0.2, 0) is 0 Å². The molecule has 2 heteroatoms. The van der Waals surface area contributed by atoms with Crippen LogP contribution in [0.1, 0.15) is 29.2 Å². The molecule has 2 nitrogen and oxygen atoms in total. The first-order valence-electron chi connectivity index (χ1n) is 4.73. The number of phenols is 1. The number of hydrogen-bond acceptors (Lipinski definition) is 2. The molecule has 3 N–H and O–H groups in total. The average molecular weight is 191 g/mol. The van der Waals surface area contributed by atoms with Crippen molar-refractivity contribution < 1.29 is 5.11 Å². The monoisotopic (exact) mass is 191 g/mol. The lowest BCUT2D eigenvalue weighted by Crippen LogP contribution is -2.10. The molecule has 0 radical (unpaired) electrons. The molecule has 0 aliphatic rings. The molecule has 0 aliphatic heterocycles. The number of aryl methyl sites for hydroxylation is 2. The van der Waals surface area contributed by atoms with Crippen LogP contribution in [0.5, 0.6) is 5.75 Å². The average Bonchev–Trinajstić information content (AvgIpc) is 2.11. The Balaban J connectivity index is 3.08. The van der Waals surface area contributed by atoms with Gasteiger partial charge in [0.2, 0.25) is 0 Å². The third-order valence-electron chi connectivity index (χ3n) is 2.40. The van der Waals surface area contributed by atoms with Crippen molar-refractivity contribution in [3.63, 3.8) is 0 Å². The Labute approximate surface area is 85.1 Å². The van der Waals surface area contributed by atoms with E-state index in [1.165, 1.54) is 0 Å². The van der Waals surface area contributed by atoms with Crippen molar-refractivity contribution in [1.82, 2.24) is 0 Å². The molecular weight excluding hydrogens is 174 g/mol. The minimum atomic E-state index is -0.0215. The van der Waals surface area contributed by atoms with Gasteiger partial charge >= 0.3 is 0 Å². The lowest BCUT2D eigenvalue weighted by molar-refractivity contribution is 0.470. The van der Waals surface area contributed by atoms with Crippen LogP contribution in [0.2, 0.25) is 0 Å². The predicted octanol–water partition coefficient (Wildman–Crippen LogP) is 2.58. The Morgan fingerprint density at radius 1 is 1.43 bits per heavy atom. The first-order chi connectivity index (χ1) is 6.56. The van der Waals surface area contributed by atoms with Gasteiger partial charge in [-0.05, 0) is 43.0 Å². The Hall–Kier alpha value is -1.28. The number of benzene rings is 1. The molecule has 0 saturated heterocycles. The maximum Gasteiger partial charge on any atom is 0.118 e. The summed E-state index contributed by atoms with van der Waals surface area (Å²) in [6.07, 6.45) is 2.57. The van der Waals surface area contributed by atoms with E-state index in [1.807, 2.05) is 26.0 Å². The molecule has 0 heterocycles. The normalized spacial score (nSPS) is 12.5. The summed E-state index contributed by atoms with van der Waals surface area (Å²) in [6, 6.07) is 3.68. The molecule has 76 valence electrons. The van der Waals surface area contributed by atoms with Gasteiger partial charge in [0.1, 0.15) is 5.75 Å². The highest BCUT2D eigenvalue weighted by molar-refractivity contribution is 5.42. The van der Waals surface area contributed by atoms with Gasteiger partial charge in [-0.25, -0.2) is 0 Å². The fourth-order valence-corrected chi connectivity index (χ4v) is 1.53. The van der Waals surface area contributed by atoms with E-state index < -0.39 is 0 Å². The van der Waals surface area contributed by atoms with E-state index in [4.69, 9.17) is 5.73 Å². The number of hydrogen-bond donors (Lipinski definition) is 2. The number of nitrogens with two attached hydrogens (primary N) is 1. The zero-order valence-corrected chi connectivity index (χ0v) is 8.75. The van der Waals surface area contributed by atoms with Crippen molar-refractivity contribution in [1.29, 1.82) is 0 Å². The van der Waals surface area contributed by atoms with Gasteiger partial charge in [-0.2, -0.15) is 0 Å². The fraction of sp³-hybridized carbons (Fsp3) is 0.333. The summed E-state index contributed by atoms with van der Waals surface area (Å²) in [5.74, 6) is 0.331. The topological polar surface area (TPSA) is 46.2 Å². The molecular formula is C12H17NO. The summed E-state index contributed by atoms with van der Waals surface area (Å²) in [5, 5.41) is 9.48. The molecule has 0 spiro atoms. The second-order valence-corrected chi connectivity index (χ2v) is 3.63. The van der Waals surface area contributed by atoms with Gasteiger partial charge in [0.05, 0.1) is 0 Å². The molecule has 0 saturated carbocycles. The quantitative estimate of drug-likeness (QED) is 0.721. The van der Waals surface area contributed by atoms with Crippen molar-refractivity contribution >= 4 is 0 Å². The van der Waals surface area contributed by atoms with E-state index in [-0.39, 0.29) is 6.04 Å².